The van der Waals surface area contributed by atoms with E-state index in [0.717, 1.165) is 0 Å². The lowest BCUT2D eigenvalue weighted by Gasteiger charge is -2.26. The van der Waals surface area contributed by atoms with Gasteiger partial charge in [-0.15, -0.1) is 0 Å². The SMILES string of the molecule is NC1=C(C(=O)O)C(N)C(N)CC1. The molecule has 1 aliphatic carbocycles. The van der Waals surface area contributed by atoms with Gasteiger partial charge in [-0.3, -0.25) is 0 Å². The number of carboxylic acids is 1. The molecule has 0 aromatic heterocycles. The van der Waals surface area contributed by atoms with Gasteiger partial charge in [0, 0.05) is 11.7 Å². The molecule has 0 fully saturated rings. The fourth-order valence-corrected chi connectivity index (χ4v) is 1.34. The van der Waals surface area contributed by atoms with E-state index >= 15 is 0 Å². The molecule has 5 heteroatoms. The Balaban J connectivity index is 2.97. The first-order chi connectivity index (χ1) is 5.54. The van der Waals surface area contributed by atoms with E-state index in [-0.39, 0.29) is 11.6 Å². The minimum Gasteiger partial charge on any atom is -0.478 e. The Morgan fingerprint density at radius 1 is 1.50 bits per heavy atom. The van der Waals surface area contributed by atoms with Crippen LogP contribution in [-0.4, -0.2) is 23.2 Å². The molecule has 0 aliphatic heterocycles. The van der Waals surface area contributed by atoms with E-state index in [1.165, 1.54) is 0 Å². The van der Waals surface area contributed by atoms with Gasteiger partial charge in [0.25, 0.3) is 0 Å². The second-order valence-electron chi connectivity index (χ2n) is 2.97. The summed E-state index contributed by atoms with van der Waals surface area (Å²) in [6.45, 7) is 0. The molecule has 7 N–H and O–H groups in total. The lowest BCUT2D eigenvalue weighted by atomic mass is 9.88. The van der Waals surface area contributed by atoms with Gasteiger partial charge in [0.05, 0.1) is 11.6 Å². The first-order valence-corrected chi connectivity index (χ1v) is 3.77. The second kappa shape index (κ2) is 3.12. The third-order valence-electron chi connectivity index (χ3n) is 2.12. The van der Waals surface area contributed by atoms with Crippen LogP contribution in [0.3, 0.4) is 0 Å². The van der Waals surface area contributed by atoms with E-state index in [1.807, 2.05) is 0 Å². The molecule has 0 bridgehead atoms. The fourth-order valence-electron chi connectivity index (χ4n) is 1.34. The van der Waals surface area contributed by atoms with Crippen LogP contribution in [0.25, 0.3) is 0 Å². The summed E-state index contributed by atoms with van der Waals surface area (Å²) in [4.78, 5) is 10.6. The van der Waals surface area contributed by atoms with Crippen molar-refractivity contribution in [1.29, 1.82) is 0 Å². The van der Waals surface area contributed by atoms with Crippen LogP contribution in [0, 0.1) is 0 Å². The number of carbonyl (C=O) groups is 1. The summed E-state index contributed by atoms with van der Waals surface area (Å²) in [7, 11) is 0. The first-order valence-electron chi connectivity index (χ1n) is 3.77. The van der Waals surface area contributed by atoms with Crippen LogP contribution in [0.2, 0.25) is 0 Å². The van der Waals surface area contributed by atoms with Crippen LogP contribution in [0.4, 0.5) is 0 Å². The van der Waals surface area contributed by atoms with Crippen molar-refractivity contribution in [3.05, 3.63) is 11.3 Å². The summed E-state index contributed by atoms with van der Waals surface area (Å²) in [6.07, 6.45) is 1.18. The average molecular weight is 171 g/mol. The molecule has 0 aromatic rings. The number of nitrogens with two attached hydrogens (primary N) is 3. The summed E-state index contributed by atoms with van der Waals surface area (Å²) in [6, 6.07) is -0.917. The Kier molecular flexibility index (Phi) is 2.35. The standard InChI is InChI=1S/C7H13N3O2/c8-3-1-2-4(9)6(10)5(3)7(11)12/h4,6H,1-2,8-10H2,(H,11,12). The molecule has 0 spiro atoms. The van der Waals surface area contributed by atoms with Gasteiger partial charge in [0.1, 0.15) is 0 Å². The van der Waals surface area contributed by atoms with Crippen molar-refractivity contribution in [3.63, 3.8) is 0 Å². The van der Waals surface area contributed by atoms with Gasteiger partial charge in [-0.2, -0.15) is 0 Å². The van der Waals surface area contributed by atoms with Crippen molar-refractivity contribution >= 4 is 5.97 Å². The van der Waals surface area contributed by atoms with Crippen molar-refractivity contribution in [3.8, 4) is 0 Å². The molecule has 5 nitrogen and oxygen atoms in total. The van der Waals surface area contributed by atoms with Crippen molar-refractivity contribution in [1.82, 2.24) is 0 Å². The number of carboxylic acid groups (broad SMARTS) is 1. The van der Waals surface area contributed by atoms with E-state index in [4.69, 9.17) is 22.3 Å². The van der Waals surface area contributed by atoms with Crippen molar-refractivity contribution < 1.29 is 9.90 Å². The molecule has 1 rings (SSSR count). The van der Waals surface area contributed by atoms with Gasteiger partial charge in [-0.25, -0.2) is 4.79 Å². The van der Waals surface area contributed by atoms with Crippen LogP contribution in [-0.2, 0) is 4.79 Å². The van der Waals surface area contributed by atoms with Crippen molar-refractivity contribution in [2.45, 2.75) is 24.9 Å². The van der Waals surface area contributed by atoms with Crippen molar-refractivity contribution in [2.75, 3.05) is 0 Å². The lowest BCUT2D eigenvalue weighted by molar-refractivity contribution is -0.133. The Labute approximate surface area is 70.2 Å². The van der Waals surface area contributed by atoms with Gasteiger partial charge in [0.15, 0.2) is 0 Å². The van der Waals surface area contributed by atoms with Crippen molar-refractivity contribution in [2.24, 2.45) is 17.2 Å². The van der Waals surface area contributed by atoms with Gasteiger partial charge < -0.3 is 22.3 Å². The van der Waals surface area contributed by atoms with Crippen LogP contribution in [0.5, 0.6) is 0 Å². The van der Waals surface area contributed by atoms with E-state index in [9.17, 15) is 4.79 Å². The van der Waals surface area contributed by atoms with Crippen LogP contribution in [0.1, 0.15) is 12.8 Å². The third-order valence-corrected chi connectivity index (χ3v) is 2.12. The summed E-state index contributed by atoms with van der Waals surface area (Å²) in [5.74, 6) is -1.06. The minimum absolute atomic E-state index is 0.0775. The largest absolute Gasteiger partial charge is 0.478 e. The molecule has 0 radical (unpaired) electrons. The highest BCUT2D eigenvalue weighted by atomic mass is 16.4. The molecule has 2 unspecified atom stereocenters. The Morgan fingerprint density at radius 3 is 2.50 bits per heavy atom. The molecule has 0 saturated heterocycles. The maximum atomic E-state index is 10.6. The summed E-state index contributed by atoms with van der Waals surface area (Å²) in [5, 5.41) is 8.72. The highest BCUT2D eigenvalue weighted by Crippen LogP contribution is 2.19. The van der Waals surface area contributed by atoms with Gasteiger partial charge in [0.2, 0.25) is 0 Å². The molecular formula is C7H13N3O2. The predicted molar refractivity (Wildman–Crippen MR) is 44.0 cm³/mol. The van der Waals surface area contributed by atoms with E-state index in [0.29, 0.717) is 18.5 Å². The zero-order valence-electron chi connectivity index (χ0n) is 6.66. The number of rotatable bonds is 1. The maximum Gasteiger partial charge on any atom is 0.334 e. The second-order valence-corrected chi connectivity index (χ2v) is 2.97. The average Bonchev–Trinajstić information content (AvgIpc) is 1.97. The first kappa shape index (κ1) is 9.02. The molecule has 0 heterocycles. The molecule has 68 valence electrons. The van der Waals surface area contributed by atoms with Crippen LogP contribution >= 0.6 is 0 Å². The summed E-state index contributed by atoms with van der Waals surface area (Å²) in [5.41, 5.74) is 17.1. The van der Waals surface area contributed by atoms with E-state index in [2.05, 4.69) is 0 Å². The smallest absolute Gasteiger partial charge is 0.334 e. The third kappa shape index (κ3) is 1.41. The normalized spacial score (nSPS) is 30.5. The van der Waals surface area contributed by atoms with E-state index < -0.39 is 12.0 Å². The molecule has 1 aliphatic rings. The summed E-state index contributed by atoms with van der Waals surface area (Å²) < 4.78 is 0. The molecule has 0 aromatic carbocycles. The van der Waals surface area contributed by atoms with E-state index in [1.54, 1.807) is 0 Å². The predicted octanol–water partition coefficient (Wildman–Crippen LogP) is -1.27. The van der Waals surface area contributed by atoms with Gasteiger partial charge >= 0.3 is 5.97 Å². The zero-order valence-corrected chi connectivity index (χ0v) is 6.66. The van der Waals surface area contributed by atoms with Gasteiger partial charge in [-0.05, 0) is 12.8 Å². The fraction of sp³-hybridized carbons (Fsp3) is 0.571. The summed E-state index contributed by atoms with van der Waals surface area (Å²) >= 11 is 0. The van der Waals surface area contributed by atoms with Crippen LogP contribution in [0.15, 0.2) is 11.3 Å². The number of aliphatic carboxylic acids is 1. The Hall–Kier alpha value is -1.07. The highest BCUT2D eigenvalue weighted by molar-refractivity contribution is 5.89. The minimum atomic E-state index is -1.06. The van der Waals surface area contributed by atoms with Gasteiger partial charge in [-0.1, -0.05) is 0 Å². The number of hydrogen-bond donors (Lipinski definition) is 4. The van der Waals surface area contributed by atoms with Crippen LogP contribution < -0.4 is 17.2 Å². The number of allylic oxidation sites excluding steroid dienone is 1. The Bertz CT molecular complexity index is 237. The molecule has 0 amide bonds. The zero-order chi connectivity index (χ0) is 9.30. The quantitative estimate of drug-likeness (QED) is 0.392. The lowest BCUT2D eigenvalue weighted by Crippen LogP contribution is -2.48. The topological polar surface area (TPSA) is 115 Å². The maximum absolute atomic E-state index is 10.6. The molecule has 12 heavy (non-hydrogen) atoms. The molecule has 2 atom stereocenters. The molecular weight excluding hydrogens is 158 g/mol. The number of hydrogen-bond acceptors (Lipinski definition) is 4. The Morgan fingerprint density at radius 2 is 2.08 bits per heavy atom. The molecule has 0 saturated carbocycles. The monoisotopic (exact) mass is 171 g/mol. The highest BCUT2D eigenvalue weighted by Gasteiger charge is 2.29.